The number of rotatable bonds is 6. The van der Waals surface area contributed by atoms with Crippen molar-refractivity contribution in [2.24, 2.45) is 0 Å². The predicted molar refractivity (Wildman–Crippen MR) is 168 cm³/mol. The van der Waals surface area contributed by atoms with Crippen LogP contribution >= 0.6 is 11.8 Å². The minimum atomic E-state index is -4.08. The van der Waals surface area contributed by atoms with Crippen molar-refractivity contribution < 1.29 is 12.7 Å². The van der Waals surface area contributed by atoms with Crippen molar-refractivity contribution in [2.45, 2.75) is 22.1 Å². The molecular formula is C33H31N2O3S2+. The molecule has 1 aliphatic rings. The molecule has 1 heterocycles. The standard InChI is InChI=1S/C33H31N2O3S2/c1-23-13-18-26(19-14-23)40(36,37)38-35(4)32(39-31-21-16-24-9-5-6-11-28(24)33(31)35)22-17-25-15-20-30(34(2)3)29-12-8-7-10-27(25)29/h5-22,32H,1-4H3/q+1/b22-17+. The fourth-order valence-corrected chi connectivity index (χ4v) is 7.91. The van der Waals surface area contributed by atoms with Gasteiger partial charge in [-0.1, -0.05) is 82.7 Å². The maximum atomic E-state index is 13.7. The molecule has 5 aromatic rings. The van der Waals surface area contributed by atoms with Crippen molar-refractivity contribution in [2.75, 3.05) is 26.0 Å². The Bertz CT molecular complexity index is 1880. The third kappa shape index (κ3) is 4.59. The SMILES string of the molecule is Cc1ccc(S(=O)(=O)O[N+]2(C)c3c(ccc4ccccc34)SC2/C=C/c2ccc(N(C)C)c3ccccc23)cc1. The van der Waals surface area contributed by atoms with Gasteiger partial charge < -0.3 is 4.90 Å². The van der Waals surface area contributed by atoms with Crippen LogP contribution in [-0.4, -0.2) is 34.9 Å². The van der Waals surface area contributed by atoms with Gasteiger partial charge in [0.1, 0.15) is 7.05 Å². The molecule has 0 amide bonds. The molecule has 2 unspecified atom stereocenters. The lowest BCUT2D eigenvalue weighted by Crippen LogP contribution is -2.50. The maximum Gasteiger partial charge on any atom is 0.343 e. The Morgan fingerprint density at radius 1 is 0.825 bits per heavy atom. The number of aryl methyl sites for hydroxylation is 1. The summed E-state index contributed by atoms with van der Waals surface area (Å²) in [5.41, 5.74) is 4.05. The third-order valence-corrected chi connectivity index (χ3v) is 10.2. The average molecular weight is 568 g/mol. The second-order valence-corrected chi connectivity index (χ2v) is 13.1. The van der Waals surface area contributed by atoms with E-state index in [1.807, 2.05) is 58.4 Å². The highest BCUT2D eigenvalue weighted by molar-refractivity contribution is 8.00. The van der Waals surface area contributed by atoms with E-state index in [2.05, 4.69) is 59.5 Å². The summed E-state index contributed by atoms with van der Waals surface area (Å²) in [7, 11) is 1.86. The lowest BCUT2D eigenvalue weighted by atomic mass is 10.0. The number of likely N-dealkylation sites (N-methyl/N-ethyl adjacent to an activating group) is 1. The van der Waals surface area contributed by atoms with Crippen LogP contribution in [0.25, 0.3) is 27.6 Å². The van der Waals surface area contributed by atoms with Crippen LogP contribution < -0.4 is 9.55 Å². The average Bonchev–Trinajstić information content (AvgIpc) is 3.22. The monoisotopic (exact) mass is 567 g/mol. The molecule has 7 heteroatoms. The van der Waals surface area contributed by atoms with Gasteiger partial charge in [-0.15, -0.1) is 4.65 Å². The van der Waals surface area contributed by atoms with Crippen LogP contribution in [0.5, 0.6) is 0 Å². The van der Waals surface area contributed by atoms with Crippen LogP contribution in [0.15, 0.2) is 113 Å². The minimum absolute atomic E-state index is 0.143. The van der Waals surface area contributed by atoms with E-state index >= 15 is 0 Å². The zero-order chi connectivity index (χ0) is 28.1. The first-order valence-corrected chi connectivity index (χ1v) is 15.4. The van der Waals surface area contributed by atoms with Gasteiger partial charge in [-0.3, -0.25) is 0 Å². The van der Waals surface area contributed by atoms with Crippen molar-refractivity contribution in [1.29, 1.82) is 0 Å². The molecule has 5 nitrogen and oxygen atoms in total. The number of hydrogen-bond acceptors (Lipinski definition) is 5. The lowest BCUT2D eigenvalue weighted by Gasteiger charge is -2.30. The summed E-state index contributed by atoms with van der Waals surface area (Å²) in [4.78, 5) is 3.26. The van der Waals surface area contributed by atoms with Gasteiger partial charge in [-0.25, -0.2) is 0 Å². The zero-order valence-electron chi connectivity index (χ0n) is 22.9. The van der Waals surface area contributed by atoms with Gasteiger partial charge in [0.05, 0.1) is 9.79 Å². The van der Waals surface area contributed by atoms with Gasteiger partial charge in [-0.05, 0) is 71.4 Å². The highest BCUT2D eigenvalue weighted by atomic mass is 32.2. The molecule has 0 fully saturated rings. The van der Waals surface area contributed by atoms with E-state index in [9.17, 15) is 8.42 Å². The first kappa shape index (κ1) is 26.6. The van der Waals surface area contributed by atoms with Gasteiger partial charge >= 0.3 is 10.1 Å². The fourth-order valence-electron chi connectivity index (χ4n) is 5.41. The van der Waals surface area contributed by atoms with Gasteiger partial charge in [0.25, 0.3) is 0 Å². The van der Waals surface area contributed by atoms with Crippen LogP contribution in [0.2, 0.25) is 0 Å². The summed E-state index contributed by atoms with van der Waals surface area (Å²) in [5, 5.41) is 3.98. The number of benzene rings is 5. The largest absolute Gasteiger partial charge is 0.377 e. The first-order chi connectivity index (χ1) is 19.2. The molecule has 0 aliphatic carbocycles. The van der Waals surface area contributed by atoms with E-state index in [1.165, 1.54) is 5.39 Å². The molecule has 1 aliphatic heterocycles. The Kier molecular flexibility index (Phi) is 6.71. The number of quaternary nitrogens is 1. The van der Waals surface area contributed by atoms with Crippen molar-refractivity contribution in [1.82, 2.24) is 4.65 Å². The lowest BCUT2D eigenvalue weighted by molar-refractivity contribution is -0.0106. The number of nitrogens with zero attached hydrogens (tertiary/aromatic N) is 2. The van der Waals surface area contributed by atoms with Crippen LogP contribution in [0, 0.1) is 6.92 Å². The number of thioether (sulfide) groups is 1. The van der Waals surface area contributed by atoms with Crippen molar-refractivity contribution in [3.05, 3.63) is 114 Å². The number of hydroxylamine groups is 2. The summed E-state index contributed by atoms with van der Waals surface area (Å²) < 4.78 is 33.3. The van der Waals surface area contributed by atoms with Crippen molar-refractivity contribution in [3.8, 4) is 0 Å². The summed E-state index contributed by atoms with van der Waals surface area (Å²) in [5.74, 6) is 0. The molecule has 0 aromatic heterocycles. The molecular weight excluding hydrogens is 537 g/mol. The molecule has 5 aromatic carbocycles. The van der Waals surface area contributed by atoms with E-state index in [1.54, 1.807) is 36.0 Å². The van der Waals surface area contributed by atoms with Gasteiger partial charge in [0.15, 0.2) is 11.1 Å². The summed E-state index contributed by atoms with van der Waals surface area (Å²) >= 11 is 1.62. The summed E-state index contributed by atoms with van der Waals surface area (Å²) in [6, 6.07) is 31.6. The van der Waals surface area contributed by atoms with E-state index in [0.717, 1.165) is 43.6 Å². The molecule has 0 bridgehead atoms. The first-order valence-electron chi connectivity index (χ1n) is 13.1. The minimum Gasteiger partial charge on any atom is -0.377 e. The Morgan fingerprint density at radius 3 is 2.23 bits per heavy atom. The normalized spacial score (nSPS) is 18.9. The van der Waals surface area contributed by atoms with Crippen LogP contribution in [0.4, 0.5) is 11.4 Å². The Morgan fingerprint density at radius 2 is 1.50 bits per heavy atom. The highest BCUT2D eigenvalue weighted by Crippen LogP contribution is 2.52. The van der Waals surface area contributed by atoms with Gasteiger partial charge in [0.2, 0.25) is 0 Å². The van der Waals surface area contributed by atoms with Crippen LogP contribution in [0.1, 0.15) is 11.1 Å². The van der Waals surface area contributed by atoms with E-state index in [0.29, 0.717) is 0 Å². The molecule has 40 heavy (non-hydrogen) atoms. The Balaban J connectivity index is 1.47. The highest BCUT2D eigenvalue weighted by Gasteiger charge is 2.50. The number of anilines is 1. The van der Waals surface area contributed by atoms with E-state index in [-0.39, 0.29) is 14.9 Å². The molecule has 202 valence electrons. The molecule has 6 rings (SSSR count). The Labute approximate surface area is 240 Å². The van der Waals surface area contributed by atoms with E-state index in [4.69, 9.17) is 4.28 Å². The number of fused-ring (bicyclic) bond motifs is 4. The van der Waals surface area contributed by atoms with Crippen LogP contribution in [-0.2, 0) is 14.4 Å². The Hall–Kier alpha value is -3.62. The molecule has 0 radical (unpaired) electrons. The van der Waals surface area contributed by atoms with E-state index < -0.39 is 10.1 Å². The zero-order valence-corrected chi connectivity index (χ0v) is 24.5. The summed E-state index contributed by atoms with van der Waals surface area (Å²) in [6.45, 7) is 1.93. The molecule has 0 N–H and O–H groups in total. The van der Waals surface area contributed by atoms with Gasteiger partial charge in [0, 0.05) is 30.6 Å². The topological polar surface area (TPSA) is 46.6 Å². The van der Waals surface area contributed by atoms with Crippen molar-refractivity contribution in [3.63, 3.8) is 0 Å². The second kappa shape index (κ2) is 10.1. The second-order valence-electron chi connectivity index (χ2n) is 10.4. The molecule has 0 saturated heterocycles. The quantitative estimate of drug-likeness (QED) is 0.196. The molecule has 0 spiro atoms. The predicted octanol–water partition coefficient (Wildman–Crippen LogP) is 7.77. The maximum absolute atomic E-state index is 13.7. The molecule has 0 saturated carbocycles. The fraction of sp³-hybridized carbons (Fsp3) is 0.152. The summed E-state index contributed by atoms with van der Waals surface area (Å²) in [6.07, 6.45) is 4.16. The third-order valence-electron chi connectivity index (χ3n) is 7.46. The number of hydrogen-bond donors (Lipinski definition) is 0. The smallest absolute Gasteiger partial charge is 0.343 e. The van der Waals surface area contributed by atoms with Crippen molar-refractivity contribution >= 4 is 60.9 Å². The van der Waals surface area contributed by atoms with Gasteiger partial charge in [-0.2, -0.15) is 8.42 Å². The van der Waals surface area contributed by atoms with Crippen LogP contribution in [0.3, 0.4) is 0 Å². The molecule has 2 atom stereocenters.